The normalized spacial score (nSPS) is 11.2. The Morgan fingerprint density at radius 2 is 1.94 bits per heavy atom. The zero-order valence-corrected chi connectivity index (χ0v) is 12.1. The van der Waals surface area contributed by atoms with Crippen LogP contribution in [-0.4, -0.2) is 17.6 Å². The molecular formula is C15H26N2O. The van der Waals surface area contributed by atoms with Gasteiger partial charge in [0.2, 0.25) is 0 Å². The monoisotopic (exact) mass is 250 g/mol. The molecule has 0 aromatic carbocycles. The van der Waals surface area contributed by atoms with Gasteiger partial charge in [-0.3, -0.25) is 4.98 Å². The van der Waals surface area contributed by atoms with Crippen LogP contribution in [0.5, 0.6) is 5.75 Å². The molecule has 0 saturated carbocycles. The van der Waals surface area contributed by atoms with Gasteiger partial charge in [0.25, 0.3) is 0 Å². The van der Waals surface area contributed by atoms with Crippen LogP contribution in [0.1, 0.15) is 46.2 Å². The van der Waals surface area contributed by atoms with Crippen LogP contribution in [0.2, 0.25) is 0 Å². The molecule has 0 aliphatic rings. The molecule has 0 bridgehead atoms. The highest BCUT2D eigenvalue weighted by Crippen LogP contribution is 2.13. The van der Waals surface area contributed by atoms with Crippen molar-refractivity contribution in [2.45, 2.75) is 53.1 Å². The van der Waals surface area contributed by atoms with Crippen LogP contribution < -0.4 is 10.1 Å². The summed E-state index contributed by atoms with van der Waals surface area (Å²) in [7, 11) is 0. The summed E-state index contributed by atoms with van der Waals surface area (Å²) in [5.74, 6) is 1.52. The second-order valence-corrected chi connectivity index (χ2v) is 5.01. The summed E-state index contributed by atoms with van der Waals surface area (Å²) < 4.78 is 5.75. The van der Waals surface area contributed by atoms with Crippen LogP contribution in [0.25, 0.3) is 0 Å². The Bertz CT molecular complexity index is 318. The molecule has 0 aliphatic carbocycles. The largest absolute Gasteiger partial charge is 0.492 e. The highest BCUT2D eigenvalue weighted by Gasteiger charge is 2.04. The molecule has 0 amide bonds. The SMILES string of the molecule is CCC(CC)COc1ccc(CNC(C)C)nc1. The first kappa shape index (κ1) is 15.0. The molecular weight excluding hydrogens is 224 g/mol. The fourth-order valence-electron chi connectivity index (χ4n) is 1.65. The van der Waals surface area contributed by atoms with Crippen molar-refractivity contribution in [2.75, 3.05) is 6.61 Å². The first-order valence-electron chi connectivity index (χ1n) is 6.96. The number of nitrogens with one attached hydrogen (secondary N) is 1. The van der Waals surface area contributed by atoms with Crippen molar-refractivity contribution in [3.63, 3.8) is 0 Å². The minimum Gasteiger partial charge on any atom is -0.492 e. The minimum atomic E-state index is 0.484. The average molecular weight is 250 g/mol. The van der Waals surface area contributed by atoms with E-state index in [2.05, 4.69) is 38.0 Å². The highest BCUT2D eigenvalue weighted by atomic mass is 16.5. The van der Waals surface area contributed by atoms with E-state index in [4.69, 9.17) is 4.74 Å². The van der Waals surface area contributed by atoms with Crippen molar-refractivity contribution in [1.29, 1.82) is 0 Å². The van der Waals surface area contributed by atoms with Gasteiger partial charge >= 0.3 is 0 Å². The zero-order chi connectivity index (χ0) is 13.4. The lowest BCUT2D eigenvalue weighted by molar-refractivity contribution is 0.240. The van der Waals surface area contributed by atoms with Gasteiger partial charge in [-0.15, -0.1) is 0 Å². The summed E-state index contributed by atoms with van der Waals surface area (Å²) in [4.78, 5) is 4.39. The van der Waals surface area contributed by atoms with Crippen molar-refractivity contribution in [3.05, 3.63) is 24.0 Å². The van der Waals surface area contributed by atoms with E-state index in [0.29, 0.717) is 12.0 Å². The van der Waals surface area contributed by atoms with Crippen molar-refractivity contribution < 1.29 is 4.74 Å². The molecule has 0 spiro atoms. The molecule has 0 atom stereocenters. The molecule has 3 nitrogen and oxygen atoms in total. The standard InChI is InChI=1S/C15H26N2O/c1-5-13(6-2)11-18-15-8-7-14(17-10-15)9-16-12(3)4/h7-8,10,12-13,16H,5-6,9,11H2,1-4H3. The number of hydrogen-bond donors (Lipinski definition) is 1. The van der Waals surface area contributed by atoms with Crippen LogP contribution in [0, 0.1) is 5.92 Å². The maximum atomic E-state index is 5.75. The summed E-state index contributed by atoms with van der Waals surface area (Å²) in [5.41, 5.74) is 1.05. The predicted octanol–water partition coefficient (Wildman–Crippen LogP) is 3.39. The van der Waals surface area contributed by atoms with Gasteiger partial charge in [-0.1, -0.05) is 40.5 Å². The van der Waals surface area contributed by atoms with E-state index in [1.54, 1.807) is 0 Å². The zero-order valence-electron chi connectivity index (χ0n) is 12.1. The van der Waals surface area contributed by atoms with Crippen molar-refractivity contribution in [3.8, 4) is 5.75 Å². The van der Waals surface area contributed by atoms with E-state index in [1.807, 2.05) is 18.3 Å². The molecule has 1 aromatic heterocycles. The Morgan fingerprint density at radius 3 is 2.44 bits per heavy atom. The number of nitrogens with zero attached hydrogens (tertiary/aromatic N) is 1. The van der Waals surface area contributed by atoms with E-state index in [0.717, 1.165) is 24.6 Å². The van der Waals surface area contributed by atoms with Gasteiger partial charge in [0.1, 0.15) is 5.75 Å². The predicted molar refractivity (Wildman–Crippen MR) is 75.8 cm³/mol. The van der Waals surface area contributed by atoms with Crippen LogP contribution >= 0.6 is 0 Å². The summed E-state index contributed by atoms with van der Waals surface area (Å²) in [6.07, 6.45) is 4.15. The van der Waals surface area contributed by atoms with Gasteiger partial charge in [0, 0.05) is 12.6 Å². The third-order valence-electron chi connectivity index (χ3n) is 3.13. The quantitative estimate of drug-likeness (QED) is 0.768. The minimum absolute atomic E-state index is 0.484. The first-order valence-corrected chi connectivity index (χ1v) is 6.96. The van der Waals surface area contributed by atoms with Gasteiger partial charge in [-0.25, -0.2) is 0 Å². The van der Waals surface area contributed by atoms with Crippen LogP contribution in [0.15, 0.2) is 18.3 Å². The second-order valence-electron chi connectivity index (χ2n) is 5.01. The van der Waals surface area contributed by atoms with Crippen molar-refractivity contribution in [1.82, 2.24) is 10.3 Å². The molecule has 1 aromatic rings. The summed E-state index contributed by atoms with van der Waals surface area (Å²) in [6.45, 7) is 10.3. The van der Waals surface area contributed by atoms with E-state index in [-0.39, 0.29) is 0 Å². The smallest absolute Gasteiger partial charge is 0.137 e. The van der Waals surface area contributed by atoms with Gasteiger partial charge < -0.3 is 10.1 Å². The topological polar surface area (TPSA) is 34.1 Å². The number of aromatic nitrogens is 1. The molecule has 0 fully saturated rings. The molecule has 0 unspecified atom stereocenters. The second kappa shape index (κ2) is 8.09. The molecule has 102 valence electrons. The lowest BCUT2D eigenvalue weighted by atomic mass is 10.1. The number of ether oxygens (including phenoxy) is 1. The lowest BCUT2D eigenvalue weighted by Gasteiger charge is -2.13. The molecule has 1 N–H and O–H groups in total. The van der Waals surface area contributed by atoms with E-state index >= 15 is 0 Å². The van der Waals surface area contributed by atoms with E-state index < -0.39 is 0 Å². The maximum absolute atomic E-state index is 5.75. The third-order valence-corrected chi connectivity index (χ3v) is 3.13. The Kier molecular flexibility index (Phi) is 6.73. The summed E-state index contributed by atoms with van der Waals surface area (Å²) >= 11 is 0. The van der Waals surface area contributed by atoms with E-state index in [1.165, 1.54) is 12.8 Å². The molecule has 0 aliphatic heterocycles. The average Bonchev–Trinajstić information content (AvgIpc) is 2.39. The third kappa shape index (κ3) is 5.50. The number of rotatable bonds is 8. The molecule has 1 heterocycles. The Morgan fingerprint density at radius 1 is 1.22 bits per heavy atom. The van der Waals surface area contributed by atoms with Gasteiger partial charge in [0.05, 0.1) is 18.5 Å². The van der Waals surface area contributed by atoms with Crippen LogP contribution in [-0.2, 0) is 6.54 Å². The number of hydrogen-bond acceptors (Lipinski definition) is 3. The molecule has 1 rings (SSSR count). The summed E-state index contributed by atoms with van der Waals surface area (Å²) in [6, 6.07) is 4.52. The Hall–Kier alpha value is -1.09. The fourth-order valence-corrected chi connectivity index (χ4v) is 1.65. The van der Waals surface area contributed by atoms with Crippen molar-refractivity contribution >= 4 is 0 Å². The maximum Gasteiger partial charge on any atom is 0.137 e. The molecule has 3 heteroatoms. The van der Waals surface area contributed by atoms with Gasteiger partial charge in [-0.05, 0) is 18.1 Å². The van der Waals surface area contributed by atoms with Crippen LogP contribution in [0.4, 0.5) is 0 Å². The fraction of sp³-hybridized carbons (Fsp3) is 0.667. The van der Waals surface area contributed by atoms with Crippen molar-refractivity contribution in [2.24, 2.45) is 5.92 Å². The van der Waals surface area contributed by atoms with E-state index in [9.17, 15) is 0 Å². The molecule has 18 heavy (non-hydrogen) atoms. The lowest BCUT2D eigenvalue weighted by Crippen LogP contribution is -2.22. The molecule has 0 radical (unpaired) electrons. The van der Waals surface area contributed by atoms with Gasteiger partial charge in [0.15, 0.2) is 0 Å². The van der Waals surface area contributed by atoms with Crippen LogP contribution in [0.3, 0.4) is 0 Å². The first-order chi connectivity index (χ1) is 8.65. The Balaban J connectivity index is 2.40. The number of pyridine rings is 1. The van der Waals surface area contributed by atoms with Gasteiger partial charge in [-0.2, -0.15) is 0 Å². The Labute approximate surface area is 111 Å². The summed E-state index contributed by atoms with van der Waals surface area (Å²) in [5, 5.41) is 3.35. The highest BCUT2D eigenvalue weighted by molar-refractivity contribution is 5.19. The molecule has 0 saturated heterocycles.